The Hall–Kier alpha value is -1.15. The average Bonchev–Trinajstić information content (AvgIpc) is 2.53. The van der Waals surface area contributed by atoms with E-state index < -0.39 is 9.84 Å². The molecular weight excluding hydrogens is 350 g/mol. The molecule has 2 unspecified atom stereocenters. The molecule has 0 spiro atoms. The van der Waals surface area contributed by atoms with Gasteiger partial charge in [-0.15, -0.1) is 12.4 Å². The number of hydrogen-bond acceptors (Lipinski definition) is 5. The summed E-state index contributed by atoms with van der Waals surface area (Å²) in [6.07, 6.45) is 3.30. The third kappa shape index (κ3) is 5.17. The van der Waals surface area contributed by atoms with Crippen molar-refractivity contribution in [1.82, 2.24) is 10.2 Å². The van der Waals surface area contributed by atoms with Gasteiger partial charge in [-0.2, -0.15) is 0 Å². The number of sulfone groups is 1. The lowest BCUT2D eigenvalue weighted by atomic mass is 10.0. The summed E-state index contributed by atoms with van der Waals surface area (Å²) in [6, 6.07) is 6.58. The Balaban J connectivity index is 0.00000288. The smallest absolute Gasteiger partial charge is 0.241 e. The van der Waals surface area contributed by atoms with Crippen LogP contribution in [-0.4, -0.2) is 57.7 Å². The number of likely N-dealkylation sites (tertiary alicyclic amines) is 1. The molecule has 1 amide bonds. The number of hydrogen-bond donors (Lipinski definition) is 2. The molecule has 1 saturated heterocycles. The van der Waals surface area contributed by atoms with Gasteiger partial charge in [0.2, 0.25) is 5.91 Å². The lowest BCUT2D eigenvalue weighted by Crippen LogP contribution is -2.51. The molecule has 2 atom stereocenters. The fourth-order valence-corrected chi connectivity index (χ4v) is 3.73. The number of benzene rings is 1. The molecular formula is C16H26ClN3O3S. The first-order valence-corrected chi connectivity index (χ1v) is 9.73. The van der Waals surface area contributed by atoms with Crippen LogP contribution in [0.5, 0.6) is 0 Å². The second-order valence-electron chi connectivity index (χ2n) is 6.06. The molecule has 6 nitrogen and oxygen atoms in total. The predicted octanol–water partition coefficient (Wildman–Crippen LogP) is 1.52. The van der Waals surface area contributed by atoms with Crippen molar-refractivity contribution in [3.05, 3.63) is 24.3 Å². The van der Waals surface area contributed by atoms with E-state index in [1.807, 2.05) is 14.0 Å². The minimum atomic E-state index is -3.38. The van der Waals surface area contributed by atoms with Crippen LogP contribution in [0.15, 0.2) is 29.2 Å². The normalized spacial score (nSPS) is 20.0. The Morgan fingerprint density at radius 3 is 2.62 bits per heavy atom. The molecule has 0 bridgehead atoms. The third-order valence-electron chi connectivity index (χ3n) is 4.33. The van der Waals surface area contributed by atoms with E-state index in [1.165, 1.54) is 6.07 Å². The summed E-state index contributed by atoms with van der Waals surface area (Å²) in [5, 5.41) is 6.02. The number of carbonyl (C=O) groups is 1. The van der Waals surface area contributed by atoms with E-state index in [1.54, 1.807) is 18.2 Å². The number of rotatable bonds is 5. The van der Waals surface area contributed by atoms with Crippen molar-refractivity contribution in [2.75, 3.05) is 31.7 Å². The van der Waals surface area contributed by atoms with E-state index >= 15 is 0 Å². The largest absolute Gasteiger partial charge is 0.324 e. The van der Waals surface area contributed by atoms with Gasteiger partial charge in [0.05, 0.1) is 16.6 Å². The first-order chi connectivity index (χ1) is 10.8. The zero-order valence-electron chi connectivity index (χ0n) is 14.3. The molecule has 1 aromatic carbocycles. The van der Waals surface area contributed by atoms with Crippen molar-refractivity contribution < 1.29 is 13.2 Å². The number of likely N-dealkylation sites (N-methyl/N-ethyl adjacent to an activating group) is 1. The van der Waals surface area contributed by atoms with E-state index in [2.05, 4.69) is 15.5 Å². The molecule has 1 aliphatic rings. The fraction of sp³-hybridized carbons (Fsp3) is 0.562. The van der Waals surface area contributed by atoms with Crippen molar-refractivity contribution in [3.8, 4) is 0 Å². The zero-order chi connectivity index (χ0) is 17.0. The molecule has 2 rings (SSSR count). The van der Waals surface area contributed by atoms with Gasteiger partial charge in [0, 0.05) is 18.8 Å². The molecule has 1 fully saturated rings. The van der Waals surface area contributed by atoms with E-state index in [0.29, 0.717) is 11.7 Å². The molecule has 1 aromatic rings. The van der Waals surface area contributed by atoms with Crippen LogP contribution in [0, 0.1) is 0 Å². The second kappa shape index (κ2) is 8.80. The first kappa shape index (κ1) is 20.9. The van der Waals surface area contributed by atoms with E-state index in [9.17, 15) is 13.2 Å². The van der Waals surface area contributed by atoms with Crippen LogP contribution in [0.1, 0.15) is 19.8 Å². The molecule has 1 heterocycles. The number of piperidine rings is 1. The summed E-state index contributed by atoms with van der Waals surface area (Å²) in [6.45, 7) is 3.55. The van der Waals surface area contributed by atoms with Gasteiger partial charge in [0.25, 0.3) is 0 Å². The van der Waals surface area contributed by atoms with Gasteiger partial charge in [-0.3, -0.25) is 9.69 Å². The van der Waals surface area contributed by atoms with Gasteiger partial charge in [0.15, 0.2) is 9.84 Å². The van der Waals surface area contributed by atoms with Gasteiger partial charge >= 0.3 is 0 Å². The molecule has 2 N–H and O–H groups in total. The molecule has 24 heavy (non-hydrogen) atoms. The quantitative estimate of drug-likeness (QED) is 0.815. The first-order valence-electron chi connectivity index (χ1n) is 7.84. The minimum Gasteiger partial charge on any atom is -0.324 e. The summed E-state index contributed by atoms with van der Waals surface area (Å²) < 4.78 is 23.6. The van der Waals surface area contributed by atoms with E-state index in [-0.39, 0.29) is 29.3 Å². The maximum Gasteiger partial charge on any atom is 0.241 e. The maximum absolute atomic E-state index is 12.5. The SMILES string of the molecule is CNC1CCCN(C(C)C(=O)Nc2ccccc2S(C)(=O)=O)C1.Cl. The van der Waals surface area contributed by atoms with Crippen LogP contribution in [0.25, 0.3) is 0 Å². The van der Waals surface area contributed by atoms with Gasteiger partial charge in [-0.05, 0) is 45.5 Å². The molecule has 8 heteroatoms. The highest BCUT2D eigenvalue weighted by atomic mass is 35.5. The van der Waals surface area contributed by atoms with Crippen molar-refractivity contribution in [1.29, 1.82) is 0 Å². The number of carbonyl (C=O) groups excluding carboxylic acids is 1. The predicted molar refractivity (Wildman–Crippen MR) is 98.5 cm³/mol. The van der Waals surface area contributed by atoms with Crippen LogP contribution >= 0.6 is 12.4 Å². The Morgan fingerprint density at radius 1 is 1.33 bits per heavy atom. The molecule has 0 aromatic heterocycles. The van der Waals surface area contributed by atoms with Crippen LogP contribution in [0.4, 0.5) is 5.69 Å². The topological polar surface area (TPSA) is 78.5 Å². The second-order valence-corrected chi connectivity index (χ2v) is 8.04. The fourth-order valence-electron chi connectivity index (χ4n) is 2.89. The number of para-hydroxylation sites is 1. The summed E-state index contributed by atoms with van der Waals surface area (Å²) in [5.74, 6) is -0.183. The number of nitrogens with zero attached hydrogens (tertiary/aromatic N) is 1. The Morgan fingerprint density at radius 2 is 2.00 bits per heavy atom. The van der Waals surface area contributed by atoms with E-state index in [0.717, 1.165) is 32.2 Å². The molecule has 1 aliphatic heterocycles. The Kier molecular flexibility index (Phi) is 7.66. The maximum atomic E-state index is 12.5. The van der Waals surface area contributed by atoms with Crippen LogP contribution < -0.4 is 10.6 Å². The number of amides is 1. The summed E-state index contributed by atoms with van der Waals surface area (Å²) in [4.78, 5) is 14.8. The van der Waals surface area contributed by atoms with Crippen molar-refractivity contribution in [3.63, 3.8) is 0 Å². The molecule has 0 radical (unpaired) electrons. The Labute approximate surface area is 150 Å². The summed E-state index contributed by atoms with van der Waals surface area (Å²) >= 11 is 0. The highest BCUT2D eigenvalue weighted by Gasteiger charge is 2.27. The third-order valence-corrected chi connectivity index (χ3v) is 5.49. The lowest BCUT2D eigenvalue weighted by Gasteiger charge is -2.36. The van der Waals surface area contributed by atoms with Gasteiger partial charge < -0.3 is 10.6 Å². The van der Waals surface area contributed by atoms with Crippen molar-refractivity contribution in [2.24, 2.45) is 0 Å². The van der Waals surface area contributed by atoms with Crippen LogP contribution in [0.3, 0.4) is 0 Å². The van der Waals surface area contributed by atoms with Crippen molar-refractivity contribution >= 4 is 33.8 Å². The summed E-state index contributed by atoms with van der Waals surface area (Å²) in [5.41, 5.74) is 0.342. The van der Waals surface area contributed by atoms with Gasteiger partial charge in [-0.25, -0.2) is 8.42 Å². The van der Waals surface area contributed by atoms with Gasteiger partial charge in [0.1, 0.15) is 0 Å². The molecule has 0 aliphatic carbocycles. The van der Waals surface area contributed by atoms with Crippen LogP contribution in [-0.2, 0) is 14.6 Å². The minimum absolute atomic E-state index is 0. The highest BCUT2D eigenvalue weighted by molar-refractivity contribution is 7.90. The molecule has 136 valence electrons. The molecule has 0 saturated carbocycles. The van der Waals surface area contributed by atoms with E-state index in [4.69, 9.17) is 0 Å². The zero-order valence-corrected chi connectivity index (χ0v) is 15.9. The van der Waals surface area contributed by atoms with Gasteiger partial charge in [-0.1, -0.05) is 12.1 Å². The lowest BCUT2D eigenvalue weighted by molar-refractivity contribution is -0.121. The number of anilines is 1. The average molecular weight is 376 g/mol. The Bertz CT molecular complexity index is 666. The van der Waals surface area contributed by atoms with Crippen LogP contribution in [0.2, 0.25) is 0 Å². The monoisotopic (exact) mass is 375 g/mol. The number of nitrogens with one attached hydrogen (secondary N) is 2. The number of halogens is 1. The van der Waals surface area contributed by atoms with Crippen molar-refractivity contribution in [2.45, 2.75) is 36.7 Å². The standard InChI is InChI=1S/C16H25N3O3S.ClH/c1-12(19-10-6-7-13(11-19)17-2)16(20)18-14-8-4-5-9-15(14)23(3,21)22;/h4-5,8-9,12-13,17H,6-7,10-11H2,1-3H3,(H,18,20);1H. The summed E-state index contributed by atoms with van der Waals surface area (Å²) in [7, 11) is -1.45. The highest BCUT2D eigenvalue weighted by Crippen LogP contribution is 2.21.